The van der Waals surface area contributed by atoms with E-state index in [0.717, 1.165) is 64.7 Å². The highest BCUT2D eigenvalue weighted by Gasteiger charge is 2.29. The second-order valence-electron chi connectivity index (χ2n) is 9.01. The molecule has 6 rings (SSSR count). The summed E-state index contributed by atoms with van der Waals surface area (Å²) >= 11 is 0. The SMILES string of the molecule is CC(=O)N1CCn2c(N3CCOCC3)nc(-c3ccc4c(c3)c(-c3cnn(C)c3)nn4C)c2C1. The molecule has 0 saturated carbocycles. The van der Waals surface area contributed by atoms with Gasteiger partial charge in [0.2, 0.25) is 11.9 Å². The summed E-state index contributed by atoms with van der Waals surface area (Å²) in [6, 6.07) is 6.38. The van der Waals surface area contributed by atoms with Crippen LogP contribution in [-0.4, -0.2) is 72.8 Å². The number of rotatable bonds is 3. The third kappa shape index (κ3) is 3.37. The third-order valence-corrected chi connectivity index (χ3v) is 6.83. The van der Waals surface area contributed by atoms with E-state index in [0.29, 0.717) is 26.3 Å². The van der Waals surface area contributed by atoms with Gasteiger partial charge in [0.25, 0.3) is 0 Å². The van der Waals surface area contributed by atoms with E-state index in [4.69, 9.17) is 14.8 Å². The molecule has 4 aromatic rings. The van der Waals surface area contributed by atoms with Crippen LogP contribution in [0.5, 0.6) is 0 Å². The lowest BCUT2D eigenvalue weighted by Gasteiger charge is -2.32. The van der Waals surface area contributed by atoms with E-state index in [-0.39, 0.29) is 5.91 Å². The first-order valence-electron chi connectivity index (χ1n) is 11.6. The smallest absolute Gasteiger partial charge is 0.219 e. The van der Waals surface area contributed by atoms with Crippen molar-refractivity contribution < 1.29 is 9.53 Å². The van der Waals surface area contributed by atoms with Crippen LogP contribution >= 0.6 is 0 Å². The molecule has 1 amide bonds. The van der Waals surface area contributed by atoms with Gasteiger partial charge in [-0.25, -0.2) is 4.98 Å². The first-order valence-corrected chi connectivity index (χ1v) is 11.6. The Bertz CT molecular complexity index is 1390. The Morgan fingerprint density at radius 2 is 1.85 bits per heavy atom. The predicted octanol–water partition coefficient (Wildman–Crippen LogP) is 2.04. The van der Waals surface area contributed by atoms with Crippen molar-refractivity contribution >= 4 is 22.8 Å². The standard InChI is InChI=1S/C24H28N8O2/c1-16(33)31-6-7-32-21(15-31)23(26-24(32)30-8-10-34-11-9-30)17-4-5-20-19(12-17)22(27-29(20)3)18-13-25-28(2)14-18/h4-5,12-14H,6-11,15H2,1-3H3. The van der Waals surface area contributed by atoms with Crippen LogP contribution in [0.4, 0.5) is 5.95 Å². The van der Waals surface area contributed by atoms with Crippen LogP contribution in [0.2, 0.25) is 0 Å². The number of morpholine rings is 1. The van der Waals surface area contributed by atoms with Gasteiger partial charge in [-0.2, -0.15) is 10.2 Å². The Kier molecular flexibility index (Phi) is 4.91. The fourth-order valence-corrected chi connectivity index (χ4v) is 5.02. The number of nitrogens with zero attached hydrogens (tertiary/aromatic N) is 8. The molecule has 1 aromatic carbocycles. The molecule has 1 fully saturated rings. The number of fused-ring (bicyclic) bond motifs is 2. The maximum Gasteiger partial charge on any atom is 0.219 e. The number of carbonyl (C=O) groups excluding carboxylic acids is 1. The highest BCUT2D eigenvalue weighted by molar-refractivity contribution is 5.96. The van der Waals surface area contributed by atoms with E-state index in [1.54, 1.807) is 11.6 Å². The number of ether oxygens (including phenoxy) is 1. The average Bonchev–Trinajstić information content (AvgIpc) is 3.54. The molecule has 2 aliphatic heterocycles. The van der Waals surface area contributed by atoms with Gasteiger partial charge in [0.05, 0.1) is 42.9 Å². The molecule has 2 aliphatic rings. The van der Waals surface area contributed by atoms with Gasteiger partial charge in [-0.05, 0) is 12.1 Å². The van der Waals surface area contributed by atoms with Gasteiger partial charge in [0.1, 0.15) is 5.69 Å². The van der Waals surface area contributed by atoms with Crippen LogP contribution in [0.1, 0.15) is 12.6 Å². The van der Waals surface area contributed by atoms with Crippen LogP contribution in [-0.2, 0) is 36.7 Å². The molecule has 176 valence electrons. The summed E-state index contributed by atoms with van der Waals surface area (Å²) in [6.07, 6.45) is 3.82. The van der Waals surface area contributed by atoms with Crippen LogP contribution in [0.15, 0.2) is 30.6 Å². The second kappa shape index (κ2) is 7.98. The fourth-order valence-electron chi connectivity index (χ4n) is 5.02. The Morgan fingerprint density at radius 1 is 1.03 bits per heavy atom. The summed E-state index contributed by atoms with van der Waals surface area (Å²) in [7, 11) is 3.87. The van der Waals surface area contributed by atoms with Crippen molar-refractivity contribution in [2.45, 2.75) is 20.0 Å². The molecule has 0 unspecified atom stereocenters. The molecule has 3 aromatic heterocycles. The highest BCUT2D eigenvalue weighted by atomic mass is 16.5. The summed E-state index contributed by atoms with van der Waals surface area (Å²) < 4.78 is 11.5. The van der Waals surface area contributed by atoms with Gasteiger partial charge in [0, 0.05) is 69.9 Å². The Hall–Kier alpha value is -3.66. The Morgan fingerprint density at radius 3 is 2.59 bits per heavy atom. The third-order valence-electron chi connectivity index (χ3n) is 6.83. The van der Waals surface area contributed by atoms with E-state index in [9.17, 15) is 4.79 Å². The summed E-state index contributed by atoms with van der Waals surface area (Å²) in [6.45, 7) is 6.67. The number of hydrogen-bond donors (Lipinski definition) is 0. The van der Waals surface area contributed by atoms with Gasteiger partial charge in [-0.1, -0.05) is 6.07 Å². The molecule has 0 aliphatic carbocycles. The lowest BCUT2D eigenvalue weighted by atomic mass is 10.0. The normalized spacial score (nSPS) is 16.3. The van der Waals surface area contributed by atoms with Crippen molar-refractivity contribution in [2.75, 3.05) is 37.7 Å². The van der Waals surface area contributed by atoms with E-state index in [1.165, 1.54) is 0 Å². The van der Waals surface area contributed by atoms with Gasteiger partial charge in [-0.15, -0.1) is 0 Å². The quantitative estimate of drug-likeness (QED) is 0.465. The van der Waals surface area contributed by atoms with Crippen molar-refractivity contribution in [1.82, 2.24) is 34.0 Å². The minimum Gasteiger partial charge on any atom is -0.378 e. The molecule has 10 heteroatoms. The van der Waals surface area contributed by atoms with Crippen LogP contribution < -0.4 is 4.90 Å². The minimum absolute atomic E-state index is 0.0906. The van der Waals surface area contributed by atoms with Crippen LogP contribution in [0, 0.1) is 0 Å². The Labute approximate surface area is 197 Å². The number of carbonyl (C=O) groups is 1. The van der Waals surface area contributed by atoms with Crippen molar-refractivity contribution in [2.24, 2.45) is 14.1 Å². The number of aromatic nitrogens is 6. The number of hydrogen-bond acceptors (Lipinski definition) is 6. The van der Waals surface area contributed by atoms with Gasteiger partial charge in [0.15, 0.2) is 0 Å². The fraction of sp³-hybridized carbons (Fsp3) is 0.417. The van der Waals surface area contributed by atoms with Crippen molar-refractivity contribution in [3.63, 3.8) is 0 Å². The van der Waals surface area contributed by atoms with Crippen molar-refractivity contribution in [1.29, 1.82) is 0 Å². The summed E-state index contributed by atoms with van der Waals surface area (Å²) in [5, 5.41) is 10.2. The number of imidazole rings is 1. The lowest BCUT2D eigenvalue weighted by Crippen LogP contribution is -2.41. The monoisotopic (exact) mass is 460 g/mol. The van der Waals surface area contributed by atoms with Crippen molar-refractivity contribution in [3.8, 4) is 22.5 Å². The van der Waals surface area contributed by atoms with Crippen LogP contribution in [0.25, 0.3) is 33.4 Å². The molecule has 10 nitrogen and oxygen atoms in total. The average molecular weight is 461 g/mol. The summed E-state index contributed by atoms with van der Waals surface area (Å²) in [4.78, 5) is 21.5. The molecule has 0 radical (unpaired) electrons. The topological polar surface area (TPSA) is 86.2 Å². The zero-order chi connectivity index (χ0) is 23.4. The second-order valence-corrected chi connectivity index (χ2v) is 9.01. The number of aryl methyl sites for hydroxylation is 2. The maximum absolute atomic E-state index is 12.2. The largest absolute Gasteiger partial charge is 0.378 e. The van der Waals surface area contributed by atoms with Crippen LogP contribution in [0.3, 0.4) is 0 Å². The van der Waals surface area contributed by atoms with Gasteiger partial charge >= 0.3 is 0 Å². The van der Waals surface area contributed by atoms with E-state index >= 15 is 0 Å². The molecule has 34 heavy (non-hydrogen) atoms. The molecule has 1 saturated heterocycles. The molecular weight excluding hydrogens is 432 g/mol. The van der Waals surface area contributed by atoms with E-state index in [1.807, 2.05) is 36.1 Å². The molecule has 0 bridgehead atoms. The summed E-state index contributed by atoms with van der Waals surface area (Å²) in [5.74, 6) is 1.06. The lowest BCUT2D eigenvalue weighted by molar-refractivity contribution is -0.130. The first-order chi connectivity index (χ1) is 16.5. The van der Waals surface area contributed by atoms with Crippen molar-refractivity contribution in [3.05, 3.63) is 36.3 Å². The van der Waals surface area contributed by atoms with Gasteiger partial charge in [-0.3, -0.25) is 14.2 Å². The van der Waals surface area contributed by atoms with E-state index < -0.39 is 0 Å². The zero-order valence-electron chi connectivity index (χ0n) is 19.7. The summed E-state index contributed by atoms with van der Waals surface area (Å²) in [5.41, 5.74) is 5.96. The minimum atomic E-state index is 0.0906. The zero-order valence-corrected chi connectivity index (χ0v) is 19.7. The molecule has 5 heterocycles. The molecule has 0 spiro atoms. The number of amides is 1. The predicted molar refractivity (Wildman–Crippen MR) is 128 cm³/mol. The molecular formula is C24H28N8O2. The van der Waals surface area contributed by atoms with Gasteiger partial charge < -0.3 is 19.1 Å². The van der Waals surface area contributed by atoms with E-state index in [2.05, 4.69) is 32.8 Å². The maximum atomic E-state index is 12.2. The first kappa shape index (κ1) is 20.9. The number of benzene rings is 1. The molecule has 0 atom stereocenters. The Balaban J connectivity index is 1.50. The molecule has 0 N–H and O–H groups in total. The number of anilines is 1. The highest BCUT2D eigenvalue weighted by Crippen LogP contribution is 2.35.